The Hall–Kier alpha value is 1.16. The average Bonchev–Trinajstić information content (AvgIpc) is 3.23. The zero-order chi connectivity index (χ0) is 24.2. The quantitative estimate of drug-likeness (QED) is 0.168. The van der Waals surface area contributed by atoms with Gasteiger partial charge in [0.1, 0.15) is 0 Å². The zero-order valence-electron chi connectivity index (χ0n) is 21.0. The van der Waals surface area contributed by atoms with Gasteiger partial charge in [0.15, 0.2) is 0 Å². The van der Waals surface area contributed by atoms with Crippen LogP contribution in [0.5, 0.6) is 0 Å². The first-order valence-electron chi connectivity index (χ1n) is 10.5. The van der Waals surface area contributed by atoms with Gasteiger partial charge < -0.3 is 24.8 Å². The van der Waals surface area contributed by atoms with Crippen LogP contribution >= 0.6 is 47.7 Å². The second-order valence-electron chi connectivity index (χ2n) is 8.72. The molecule has 0 aliphatic rings. The summed E-state index contributed by atoms with van der Waals surface area (Å²) in [5, 5.41) is 8.33. The van der Waals surface area contributed by atoms with Crippen molar-refractivity contribution in [2.24, 2.45) is 0 Å². The molecule has 0 nitrogen and oxygen atoms in total. The van der Waals surface area contributed by atoms with Crippen molar-refractivity contribution in [3.05, 3.63) is 68.6 Å². The van der Waals surface area contributed by atoms with E-state index in [1.54, 1.807) is 23.3 Å². The molecule has 0 amide bonds. The first-order valence-corrected chi connectivity index (χ1v) is 22.7. The standard InChI is InChI=1S/2C12H13BrP.C2H6Si.2ClH.Zr/c2*1-8-4-9-6-10(14(2)3)7-12(13)11(9)5-8;1-3-2;;;/h2*4-7H,1-3H3;1-2H3;2*1H;/q2*-1;;;;+2/p-2. The molecule has 0 N–H and O–H groups in total. The van der Waals surface area contributed by atoms with E-state index in [2.05, 4.69) is 134 Å². The minimum Gasteiger partial charge on any atom is -1.00 e. The van der Waals surface area contributed by atoms with Crippen LogP contribution in [-0.4, -0.2) is 32.1 Å². The topological polar surface area (TPSA) is 0 Å². The van der Waals surface area contributed by atoms with Crippen molar-refractivity contribution in [3.8, 4) is 0 Å². The van der Waals surface area contributed by atoms with Crippen molar-refractivity contribution in [3.63, 3.8) is 0 Å². The molecule has 0 aliphatic carbocycles. The summed E-state index contributed by atoms with van der Waals surface area (Å²) in [5.41, 5.74) is 2.89. The van der Waals surface area contributed by atoms with Crippen LogP contribution in [0.1, 0.15) is 11.1 Å². The van der Waals surface area contributed by atoms with Gasteiger partial charge in [-0.1, -0.05) is 84.3 Å². The molecule has 4 aromatic rings. The number of hydrogen-bond donors (Lipinski definition) is 0. The van der Waals surface area contributed by atoms with E-state index < -0.39 is 0 Å². The molecular formula is C26H32Br2Cl2P2SiZr-2. The Morgan fingerprint density at radius 2 is 0.971 bits per heavy atom. The molecular weight excluding hydrogens is 724 g/mol. The van der Waals surface area contributed by atoms with Crippen LogP contribution in [0.2, 0.25) is 13.1 Å². The van der Waals surface area contributed by atoms with Crippen molar-refractivity contribution in [2.45, 2.75) is 26.9 Å². The average molecular weight is 757 g/mol. The molecule has 0 heterocycles. The summed E-state index contributed by atoms with van der Waals surface area (Å²) >= 11 is 9.02. The first kappa shape index (κ1) is 35.2. The Morgan fingerprint density at radius 1 is 0.676 bits per heavy atom. The molecule has 0 fully saturated rings. The number of aryl methyl sites for hydroxylation is 2. The maximum absolute atomic E-state index is 3.64. The van der Waals surface area contributed by atoms with E-state index in [0.717, 1.165) is 0 Å². The molecule has 34 heavy (non-hydrogen) atoms. The molecule has 0 saturated heterocycles. The van der Waals surface area contributed by atoms with Crippen molar-refractivity contribution < 1.29 is 48.1 Å². The molecule has 0 aliphatic heterocycles. The van der Waals surface area contributed by atoms with Crippen molar-refractivity contribution in [2.75, 3.05) is 26.7 Å². The maximum atomic E-state index is 3.64. The molecule has 4 aromatic carbocycles. The molecule has 0 unspecified atom stereocenters. The van der Waals surface area contributed by atoms with E-state index in [-0.39, 0.29) is 46.1 Å². The summed E-state index contributed by atoms with van der Waals surface area (Å²) in [7, 11) is -0.0115. The van der Waals surface area contributed by atoms with Gasteiger partial charge in [0.25, 0.3) is 0 Å². The van der Waals surface area contributed by atoms with Crippen LogP contribution in [0, 0.1) is 13.8 Å². The normalized spacial score (nSPS) is 10.3. The van der Waals surface area contributed by atoms with Crippen LogP contribution in [-0.2, 0) is 23.3 Å². The molecule has 8 heteroatoms. The van der Waals surface area contributed by atoms with Crippen molar-refractivity contribution in [1.29, 1.82) is 0 Å². The van der Waals surface area contributed by atoms with Gasteiger partial charge in [0.2, 0.25) is 0 Å². The molecule has 4 rings (SSSR count). The maximum Gasteiger partial charge on any atom is -0.0255 e. The van der Waals surface area contributed by atoms with E-state index in [4.69, 9.17) is 0 Å². The van der Waals surface area contributed by atoms with Crippen LogP contribution < -0.4 is 35.4 Å². The van der Waals surface area contributed by atoms with Gasteiger partial charge in [0.05, 0.1) is 0 Å². The van der Waals surface area contributed by atoms with Crippen molar-refractivity contribution >= 4 is 85.3 Å². The summed E-state index contributed by atoms with van der Waals surface area (Å²) in [6.45, 7) is 18.1. The van der Waals surface area contributed by atoms with E-state index >= 15 is 0 Å². The molecule has 0 saturated carbocycles. The van der Waals surface area contributed by atoms with Gasteiger partial charge in [-0.2, -0.15) is 12.1 Å². The van der Waals surface area contributed by atoms with E-state index in [1.165, 1.54) is 52.2 Å². The molecule has 184 valence electrons. The monoisotopic (exact) mass is 752 g/mol. The minimum absolute atomic E-state index is 0. The Bertz CT molecular complexity index is 1140. The van der Waals surface area contributed by atoms with E-state index in [1.807, 2.05) is 0 Å². The fourth-order valence-electron chi connectivity index (χ4n) is 3.34. The van der Waals surface area contributed by atoms with Crippen LogP contribution in [0.15, 0.2) is 57.5 Å². The number of hydrogen-bond acceptors (Lipinski definition) is 0. The number of fused-ring (bicyclic) bond motifs is 2. The molecule has 0 aromatic heterocycles. The third kappa shape index (κ3) is 10.5. The SMILES string of the molecule is C[Si](C)=[Zr+2].Cc1cc2c(Br)cc(P(C)C)cc2[cH-]1.Cc1cc2c(Br)cc(P(C)C)cc2[cH-]1.[Cl-].[Cl-]. The van der Waals surface area contributed by atoms with Gasteiger partial charge >= 0.3 is 41.9 Å². The number of benzene rings is 2. The van der Waals surface area contributed by atoms with Gasteiger partial charge in [-0.05, 0) is 35.6 Å². The predicted octanol–water partition coefficient (Wildman–Crippen LogP) is 2.79. The summed E-state index contributed by atoms with van der Waals surface area (Å²) < 4.78 is 2.46. The van der Waals surface area contributed by atoms with Crippen LogP contribution in [0.3, 0.4) is 0 Å². The predicted molar refractivity (Wildman–Crippen MR) is 158 cm³/mol. The summed E-state index contributed by atoms with van der Waals surface area (Å²) in [5.74, 6) is 0. The Labute approximate surface area is 253 Å². The van der Waals surface area contributed by atoms with Gasteiger partial charge in [-0.25, -0.2) is 0 Å². The minimum atomic E-state index is -0.00573. The smallest absolute Gasteiger partial charge is 0.0255 e. The largest absolute Gasteiger partial charge is 1.00 e. The van der Waals surface area contributed by atoms with Crippen LogP contribution in [0.4, 0.5) is 0 Å². The number of rotatable bonds is 2. The Balaban J connectivity index is 0.000000528. The molecule has 0 spiro atoms. The second-order valence-corrected chi connectivity index (χ2v) is 24.4. The van der Waals surface area contributed by atoms with Gasteiger partial charge in [-0.3, -0.25) is 0 Å². The zero-order valence-corrected chi connectivity index (χ0v) is 31.0. The molecule has 0 radical (unpaired) electrons. The van der Waals surface area contributed by atoms with E-state index in [0.29, 0.717) is 0 Å². The summed E-state index contributed by atoms with van der Waals surface area (Å²) in [6, 6.07) is 18.1. The Morgan fingerprint density at radius 3 is 1.24 bits per heavy atom. The van der Waals surface area contributed by atoms with Gasteiger partial charge in [0, 0.05) is 0 Å². The fourth-order valence-corrected chi connectivity index (χ4v) is 6.44. The summed E-state index contributed by atoms with van der Waals surface area (Å²) in [4.78, 5) is 0. The van der Waals surface area contributed by atoms with Crippen molar-refractivity contribution in [1.82, 2.24) is 0 Å². The molecule has 0 atom stereocenters. The third-order valence-electron chi connectivity index (χ3n) is 4.84. The van der Waals surface area contributed by atoms with E-state index in [9.17, 15) is 0 Å². The number of halogens is 4. The first-order chi connectivity index (χ1) is 14.9. The molecule has 0 bridgehead atoms. The fraction of sp³-hybridized carbons (Fsp3) is 0.308. The third-order valence-corrected chi connectivity index (χ3v) is 8.73. The van der Waals surface area contributed by atoms with Crippen LogP contribution in [0.25, 0.3) is 21.5 Å². The van der Waals surface area contributed by atoms with Gasteiger partial charge in [-0.15, -0.1) is 56.9 Å². The second kappa shape index (κ2) is 16.2. The summed E-state index contributed by atoms with van der Waals surface area (Å²) in [6.07, 6.45) is 0. The Kier molecular flexibility index (Phi) is 16.7.